The Morgan fingerprint density at radius 1 is 0.962 bits per heavy atom. The number of hydrogen-bond acceptors (Lipinski definition) is 2. The molecule has 2 aromatic carbocycles. The van der Waals surface area contributed by atoms with Crippen molar-refractivity contribution in [2.24, 2.45) is 5.41 Å². The van der Waals surface area contributed by atoms with Gasteiger partial charge >= 0.3 is 0 Å². The molecule has 0 amide bonds. The lowest BCUT2D eigenvalue weighted by atomic mass is 9.59. The van der Waals surface area contributed by atoms with Crippen molar-refractivity contribution in [2.45, 2.75) is 52.0 Å². The van der Waals surface area contributed by atoms with Crippen molar-refractivity contribution in [1.29, 1.82) is 0 Å². The lowest BCUT2D eigenvalue weighted by Crippen LogP contribution is -2.53. The maximum Gasteiger partial charge on any atom is 0.176 e. The van der Waals surface area contributed by atoms with Crippen LogP contribution in [0.5, 0.6) is 0 Å². The lowest BCUT2D eigenvalue weighted by molar-refractivity contribution is 0.0676. The highest BCUT2D eigenvalue weighted by Gasteiger charge is 2.49. The third-order valence-electron chi connectivity index (χ3n) is 6.40. The van der Waals surface area contributed by atoms with E-state index in [1.165, 1.54) is 5.56 Å². The zero-order valence-electron chi connectivity index (χ0n) is 16.5. The Labute approximate surface area is 158 Å². The number of ketones is 1. The molecule has 26 heavy (non-hydrogen) atoms. The fourth-order valence-corrected chi connectivity index (χ4v) is 4.48. The van der Waals surface area contributed by atoms with Gasteiger partial charge in [-0.2, -0.15) is 0 Å². The van der Waals surface area contributed by atoms with E-state index in [0.717, 1.165) is 24.9 Å². The van der Waals surface area contributed by atoms with E-state index in [9.17, 15) is 4.79 Å². The minimum absolute atomic E-state index is 0.0122. The highest BCUT2D eigenvalue weighted by molar-refractivity contribution is 5.97. The molecule has 0 N–H and O–H groups in total. The molecule has 2 atom stereocenters. The number of carbonyl (C=O) groups is 1. The van der Waals surface area contributed by atoms with E-state index in [1.807, 2.05) is 30.3 Å². The first-order valence-corrected chi connectivity index (χ1v) is 9.72. The van der Waals surface area contributed by atoms with Crippen LogP contribution in [-0.4, -0.2) is 29.8 Å². The summed E-state index contributed by atoms with van der Waals surface area (Å²) >= 11 is 0. The number of rotatable bonds is 5. The van der Waals surface area contributed by atoms with Gasteiger partial charge in [0.15, 0.2) is 5.78 Å². The van der Waals surface area contributed by atoms with Crippen molar-refractivity contribution in [1.82, 2.24) is 4.90 Å². The standard InChI is InChI=1S/C24H31NO/c1-23(2,3)24(4,20-14-9-6-10-15-20)22-16-11-17-25(22)18-21(26)19-12-7-5-8-13-19/h5-10,12-15,22H,11,16-18H2,1-4H3/t22?,24-/m1/s1. The van der Waals surface area contributed by atoms with Gasteiger partial charge in [0.2, 0.25) is 0 Å². The smallest absolute Gasteiger partial charge is 0.176 e. The first kappa shape index (κ1) is 18.8. The summed E-state index contributed by atoms with van der Waals surface area (Å²) in [5.41, 5.74) is 2.27. The van der Waals surface area contributed by atoms with E-state index >= 15 is 0 Å². The molecule has 0 saturated carbocycles. The Hall–Kier alpha value is -1.93. The maximum absolute atomic E-state index is 12.8. The number of hydrogen-bond donors (Lipinski definition) is 0. The van der Waals surface area contributed by atoms with Crippen LogP contribution in [-0.2, 0) is 5.41 Å². The van der Waals surface area contributed by atoms with Gasteiger partial charge in [-0.1, -0.05) is 88.4 Å². The average molecular weight is 350 g/mol. The second-order valence-corrected chi connectivity index (χ2v) is 8.74. The fraction of sp³-hybridized carbons (Fsp3) is 0.458. The molecular formula is C24H31NO. The summed E-state index contributed by atoms with van der Waals surface area (Å²) in [6.45, 7) is 10.9. The Kier molecular flexibility index (Phi) is 5.34. The second kappa shape index (κ2) is 7.36. The van der Waals surface area contributed by atoms with Crippen LogP contribution >= 0.6 is 0 Å². The average Bonchev–Trinajstić information content (AvgIpc) is 3.10. The molecule has 2 heteroatoms. The summed E-state index contributed by atoms with van der Waals surface area (Å²) in [5.74, 6) is 0.224. The maximum atomic E-state index is 12.8. The number of nitrogens with zero attached hydrogens (tertiary/aromatic N) is 1. The third kappa shape index (κ3) is 3.48. The number of Topliss-reactive ketones (excluding diaryl/α,β-unsaturated/α-hetero) is 1. The minimum Gasteiger partial charge on any atom is -0.293 e. The van der Waals surface area contributed by atoms with Gasteiger partial charge in [0, 0.05) is 17.0 Å². The van der Waals surface area contributed by atoms with Gasteiger partial charge < -0.3 is 0 Å². The van der Waals surface area contributed by atoms with Gasteiger partial charge in [-0.3, -0.25) is 9.69 Å². The molecule has 2 aromatic rings. The van der Waals surface area contributed by atoms with Gasteiger partial charge in [-0.25, -0.2) is 0 Å². The van der Waals surface area contributed by atoms with Gasteiger partial charge in [0.25, 0.3) is 0 Å². The van der Waals surface area contributed by atoms with Crippen molar-refractivity contribution >= 4 is 5.78 Å². The Bertz CT molecular complexity index is 732. The SMILES string of the molecule is CC(C)(C)[C@](C)(c1ccccc1)C1CCCN1CC(=O)c1ccccc1. The molecule has 0 bridgehead atoms. The zero-order chi connectivity index (χ0) is 18.8. The predicted molar refractivity (Wildman–Crippen MR) is 109 cm³/mol. The number of carbonyl (C=O) groups excluding carboxylic acids is 1. The molecule has 1 aliphatic rings. The normalized spacial score (nSPS) is 20.7. The van der Waals surface area contributed by atoms with Crippen molar-refractivity contribution in [3.63, 3.8) is 0 Å². The summed E-state index contributed by atoms with van der Waals surface area (Å²) in [6.07, 6.45) is 2.30. The van der Waals surface area contributed by atoms with E-state index in [4.69, 9.17) is 0 Å². The van der Waals surface area contributed by atoms with Crippen LogP contribution in [0.25, 0.3) is 0 Å². The van der Waals surface area contributed by atoms with E-state index < -0.39 is 0 Å². The first-order valence-electron chi connectivity index (χ1n) is 9.72. The van der Waals surface area contributed by atoms with Gasteiger partial charge in [-0.05, 0) is 30.4 Å². The van der Waals surface area contributed by atoms with E-state index in [1.54, 1.807) is 0 Å². The molecule has 1 fully saturated rings. The Balaban J connectivity index is 1.90. The second-order valence-electron chi connectivity index (χ2n) is 8.74. The molecule has 1 unspecified atom stereocenters. The van der Waals surface area contributed by atoms with Crippen LogP contribution < -0.4 is 0 Å². The Morgan fingerprint density at radius 3 is 2.12 bits per heavy atom. The van der Waals surface area contributed by atoms with E-state index in [0.29, 0.717) is 12.6 Å². The van der Waals surface area contributed by atoms with Crippen LogP contribution in [0.1, 0.15) is 56.5 Å². The molecular weight excluding hydrogens is 318 g/mol. The molecule has 3 rings (SSSR count). The predicted octanol–water partition coefficient (Wildman–Crippen LogP) is 5.34. The summed E-state index contributed by atoms with van der Waals surface area (Å²) in [6, 6.07) is 20.9. The quantitative estimate of drug-likeness (QED) is 0.679. The van der Waals surface area contributed by atoms with Gasteiger partial charge in [-0.15, -0.1) is 0 Å². The molecule has 0 aliphatic carbocycles. The third-order valence-corrected chi connectivity index (χ3v) is 6.40. The minimum atomic E-state index is -0.0122. The topological polar surface area (TPSA) is 20.3 Å². The Morgan fingerprint density at radius 2 is 1.54 bits per heavy atom. The summed E-state index contributed by atoms with van der Waals surface area (Å²) in [4.78, 5) is 15.2. The number of likely N-dealkylation sites (tertiary alicyclic amines) is 1. The van der Waals surface area contributed by atoms with Crippen LogP contribution in [0.3, 0.4) is 0 Å². The van der Waals surface area contributed by atoms with Gasteiger partial charge in [0.1, 0.15) is 0 Å². The molecule has 1 heterocycles. The van der Waals surface area contributed by atoms with Crippen LogP contribution in [0.4, 0.5) is 0 Å². The molecule has 1 saturated heterocycles. The van der Waals surface area contributed by atoms with E-state index in [2.05, 4.69) is 62.9 Å². The molecule has 0 aromatic heterocycles. The highest BCUT2D eigenvalue weighted by Crippen LogP contribution is 2.48. The molecule has 0 radical (unpaired) electrons. The number of benzene rings is 2. The fourth-order valence-electron chi connectivity index (χ4n) is 4.48. The first-order chi connectivity index (χ1) is 12.3. The molecule has 1 aliphatic heterocycles. The summed E-state index contributed by atoms with van der Waals surface area (Å²) < 4.78 is 0. The monoisotopic (exact) mass is 349 g/mol. The largest absolute Gasteiger partial charge is 0.293 e. The van der Waals surface area contributed by atoms with Crippen molar-refractivity contribution in [3.8, 4) is 0 Å². The van der Waals surface area contributed by atoms with Crippen molar-refractivity contribution in [3.05, 3.63) is 71.8 Å². The van der Waals surface area contributed by atoms with Crippen molar-refractivity contribution < 1.29 is 4.79 Å². The summed E-state index contributed by atoms with van der Waals surface area (Å²) in [5, 5.41) is 0. The van der Waals surface area contributed by atoms with E-state index in [-0.39, 0.29) is 16.6 Å². The van der Waals surface area contributed by atoms with Crippen LogP contribution in [0.2, 0.25) is 0 Å². The summed E-state index contributed by atoms with van der Waals surface area (Å²) in [7, 11) is 0. The van der Waals surface area contributed by atoms with Crippen molar-refractivity contribution in [2.75, 3.05) is 13.1 Å². The highest BCUT2D eigenvalue weighted by atomic mass is 16.1. The zero-order valence-corrected chi connectivity index (χ0v) is 16.5. The molecule has 0 spiro atoms. The molecule has 2 nitrogen and oxygen atoms in total. The van der Waals surface area contributed by atoms with Crippen LogP contribution in [0, 0.1) is 5.41 Å². The lowest BCUT2D eigenvalue weighted by Gasteiger charge is -2.50. The molecule has 138 valence electrons. The van der Waals surface area contributed by atoms with Crippen LogP contribution in [0.15, 0.2) is 60.7 Å². The van der Waals surface area contributed by atoms with Gasteiger partial charge in [0.05, 0.1) is 6.54 Å².